The number of fused-ring (bicyclic) bond motifs is 1. The number of imide groups is 1. The molecule has 164 valence electrons. The predicted octanol–water partition coefficient (Wildman–Crippen LogP) is 0.734. The first-order valence-corrected chi connectivity index (χ1v) is 9.84. The Kier molecular flexibility index (Phi) is 6.42. The van der Waals surface area contributed by atoms with Crippen molar-refractivity contribution in [2.24, 2.45) is 5.92 Å². The molecule has 0 bridgehead atoms. The number of esters is 1. The maximum atomic E-state index is 12.9. The van der Waals surface area contributed by atoms with Crippen molar-refractivity contribution in [2.75, 3.05) is 7.11 Å². The SMILES string of the molecule is COC(=O)[C@H](C)NC(=O)[C@H](CC(C)C)n1nnnc1CN1C(=O)c2ccccc2C1=O. The van der Waals surface area contributed by atoms with Crippen LogP contribution in [-0.2, 0) is 20.9 Å². The van der Waals surface area contributed by atoms with Crippen molar-refractivity contribution in [1.82, 2.24) is 30.4 Å². The second kappa shape index (κ2) is 9.02. The maximum absolute atomic E-state index is 12.9. The van der Waals surface area contributed by atoms with Crippen LogP contribution in [0, 0.1) is 5.92 Å². The topological polar surface area (TPSA) is 136 Å². The van der Waals surface area contributed by atoms with Gasteiger partial charge in [-0.05, 0) is 41.8 Å². The Morgan fingerprint density at radius 1 is 1.10 bits per heavy atom. The van der Waals surface area contributed by atoms with Gasteiger partial charge in [0, 0.05) is 0 Å². The van der Waals surface area contributed by atoms with Gasteiger partial charge in [0.2, 0.25) is 5.91 Å². The van der Waals surface area contributed by atoms with Gasteiger partial charge in [0.25, 0.3) is 11.8 Å². The molecule has 3 rings (SSSR count). The van der Waals surface area contributed by atoms with E-state index in [1.165, 1.54) is 18.7 Å². The summed E-state index contributed by atoms with van der Waals surface area (Å²) < 4.78 is 5.94. The molecular formula is C20H24N6O5. The Bertz CT molecular complexity index is 982. The van der Waals surface area contributed by atoms with Crippen LogP contribution in [0.1, 0.15) is 59.8 Å². The van der Waals surface area contributed by atoms with Gasteiger partial charge in [-0.1, -0.05) is 26.0 Å². The standard InChI is InChI=1S/C20H24N6O5/c1-11(2)9-15(17(27)21-12(3)20(30)31-4)26-16(22-23-24-26)10-25-18(28)13-7-5-6-8-14(13)19(25)29/h5-8,11-12,15H,9-10H2,1-4H3,(H,21,27)/t12-,15-/m0/s1. The number of ether oxygens (including phenoxy) is 1. The summed E-state index contributed by atoms with van der Waals surface area (Å²) in [6, 6.07) is 4.84. The number of carbonyl (C=O) groups excluding carboxylic acids is 4. The fourth-order valence-corrected chi connectivity index (χ4v) is 3.39. The summed E-state index contributed by atoms with van der Waals surface area (Å²) >= 11 is 0. The third-order valence-corrected chi connectivity index (χ3v) is 4.94. The van der Waals surface area contributed by atoms with E-state index in [4.69, 9.17) is 0 Å². The average molecular weight is 428 g/mol. The molecule has 1 aromatic heterocycles. The van der Waals surface area contributed by atoms with Crippen LogP contribution in [0.25, 0.3) is 0 Å². The minimum Gasteiger partial charge on any atom is -0.467 e. The molecule has 0 saturated heterocycles. The van der Waals surface area contributed by atoms with Crippen LogP contribution in [0.15, 0.2) is 24.3 Å². The van der Waals surface area contributed by atoms with E-state index in [0.29, 0.717) is 17.5 Å². The lowest BCUT2D eigenvalue weighted by molar-refractivity contribution is -0.145. The Labute approximate surface area is 178 Å². The van der Waals surface area contributed by atoms with Gasteiger partial charge in [-0.15, -0.1) is 5.10 Å². The number of hydrogen-bond acceptors (Lipinski definition) is 8. The number of rotatable bonds is 8. The number of carbonyl (C=O) groups is 4. The number of nitrogens with zero attached hydrogens (tertiary/aromatic N) is 5. The number of nitrogens with one attached hydrogen (secondary N) is 1. The first-order valence-electron chi connectivity index (χ1n) is 9.84. The summed E-state index contributed by atoms with van der Waals surface area (Å²) in [5, 5.41) is 14.1. The average Bonchev–Trinajstić information content (AvgIpc) is 3.30. The molecule has 3 amide bonds. The first-order chi connectivity index (χ1) is 14.7. The number of aromatic nitrogens is 4. The van der Waals surface area contributed by atoms with Crippen molar-refractivity contribution < 1.29 is 23.9 Å². The molecule has 0 spiro atoms. The quantitative estimate of drug-likeness (QED) is 0.480. The highest BCUT2D eigenvalue weighted by atomic mass is 16.5. The van der Waals surface area contributed by atoms with Gasteiger partial charge >= 0.3 is 5.97 Å². The zero-order valence-electron chi connectivity index (χ0n) is 17.7. The molecule has 1 aliphatic rings. The van der Waals surface area contributed by atoms with Gasteiger partial charge < -0.3 is 10.1 Å². The molecule has 2 aromatic rings. The van der Waals surface area contributed by atoms with Crippen LogP contribution in [0.3, 0.4) is 0 Å². The van der Waals surface area contributed by atoms with Crippen molar-refractivity contribution in [1.29, 1.82) is 0 Å². The molecule has 11 nitrogen and oxygen atoms in total. The number of methoxy groups -OCH3 is 1. The van der Waals surface area contributed by atoms with E-state index in [-0.39, 0.29) is 18.3 Å². The van der Waals surface area contributed by atoms with Crippen molar-refractivity contribution in [3.63, 3.8) is 0 Å². The monoisotopic (exact) mass is 428 g/mol. The Balaban J connectivity index is 1.85. The normalized spacial score (nSPS) is 15.1. The minimum absolute atomic E-state index is 0.0977. The molecule has 11 heteroatoms. The lowest BCUT2D eigenvalue weighted by atomic mass is 10.0. The van der Waals surface area contributed by atoms with Crippen LogP contribution in [0.5, 0.6) is 0 Å². The largest absolute Gasteiger partial charge is 0.467 e. The zero-order valence-corrected chi connectivity index (χ0v) is 17.7. The molecule has 0 saturated carbocycles. The summed E-state index contributed by atoms with van der Waals surface area (Å²) in [4.78, 5) is 51.0. The second-order valence-electron chi connectivity index (χ2n) is 7.68. The van der Waals surface area contributed by atoms with Crippen LogP contribution < -0.4 is 5.32 Å². The molecule has 0 fully saturated rings. The van der Waals surface area contributed by atoms with Crippen molar-refractivity contribution in [3.05, 3.63) is 41.2 Å². The number of tetrazole rings is 1. The van der Waals surface area contributed by atoms with Crippen LogP contribution >= 0.6 is 0 Å². The maximum Gasteiger partial charge on any atom is 0.328 e. The van der Waals surface area contributed by atoms with E-state index in [1.54, 1.807) is 24.3 Å². The van der Waals surface area contributed by atoms with Crippen molar-refractivity contribution in [3.8, 4) is 0 Å². The van der Waals surface area contributed by atoms with Gasteiger partial charge in [-0.3, -0.25) is 19.3 Å². The van der Waals surface area contributed by atoms with Gasteiger partial charge in [-0.2, -0.15) is 0 Å². The molecule has 0 radical (unpaired) electrons. The summed E-state index contributed by atoms with van der Waals surface area (Å²) in [6.45, 7) is 5.18. The van der Waals surface area contributed by atoms with Crippen LogP contribution in [-0.4, -0.2) is 61.9 Å². The molecule has 2 heterocycles. The number of hydrogen-bond donors (Lipinski definition) is 1. The molecule has 1 aliphatic heterocycles. The number of amides is 3. The molecule has 2 atom stereocenters. The fourth-order valence-electron chi connectivity index (χ4n) is 3.39. The summed E-state index contributed by atoms with van der Waals surface area (Å²) in [6.07, 6.45) is 0.375. The fraction of sp³-hybridized carbons (Fsp3) is 0.450. The summed E-state index contributed by atoms with van der Waals surface area (Å²) in [7, 11) is 1.23. The van der Waals surface area contributed by atoms with E-state index in [1.807, 2.05) is 13.8 Å². The van der Waals surface area contributed by atoms with E-state index in [9.17, 15) is 19.2 Å². The predicted molar refractivity (Wildman–Crippen MR) is 107 cm³/mol. The van der Waals surface area contributed by atoms with Crippen LogP contribution in [0.4, 0.5) is 0 Å². The number of benzene rings is 1. The highest BCUT2D eigenvalue weighted by Gasteiger charge is 2.37. The smallest absolute Gasteiger partial charge is 0.328 e. The molecule has 1 aromatic carbocycles. The van der Waals surface area contributed by atoms with Gasteiger partial charge in [0.05, 0.1) is 24.8 Å². The molecule has 31 heavy (non-hydrogen) atoms. The third kappa shape index (κ3) is 4.44. The highest BCUT2D eigenvalue weighted by Crippen LogP contribution is 2.25. The van der Waals surface area contributed by atoms with E-state index >= 15 is 0 Å². The van der Waals surface area contributed by atoms with E-state index in [0.717, 1.165) is 4.90 Å². The van der Waals surface area contributed by atoms with Gasteiger partial charge in [0.15, 0.2) is 5.82 Å². The summed E-state index contributed by atoms with van der Waals surface area (Å²) in [5.74, 6) is -1.66. The minimum atomic E-state index is -0.858. The zero-order chi connectivity index (χ0) is 22.7. The summed E-state index contributed by atoms with van der Waals surface area (Å²) in [5.41, 5.74) is 0.629. The van der Waals surface area contributed by atoms with E-state index in [2.05, 4.69) is 25.6 Å². The lowest BCUT2D eigenvalue weighted by Gasteiger charge is -2.22. The van der Waals surface area contributed by atoms with Crippen LogP contribution in [0.2, 0.25) is 0 Å². The van der Waals surface area contributed by atoms with Crippen molar-refractivity contribution >= 4 is 23.7 Å². The Morgan fingerprint density at radius 3 is 2.26 bits per heavy atom. The Hall–Kier alpha value is -3.63. The molecule has 1 N–H and O–H groups in total. The van der Waals surface area contributed by atoms with Crippen molar-refractivity contribution in [2.45, 2.75) is 45.8 Å². The third-order valence-electron chi connectivity index (χ3n) is 4.94. The van der Waals surface area contributed by atoms with Gasteiger partial charge in [0.1, 0.15) is 12.1 Å². The van der Waals surface area contributed by atoms with E-state index < -0.39 is 35.8 Å². The second-order valence-corrected chi connectivity index (χ2v) is 7.68. The molecular weight excluding hydrogens is 404 g/mol. The molecule has 0 unspecified atom stereocenters. The molecule has 0 aliphatic carbocycles. The Morgan fingerprint density at radius 2 is 1.71 bits per heavy atom. The first kappa shape index (κ1) is 22.1. The van der Waals surface area contributed by atoms with Gasteiger partial charge in [-0.25, -0.2) is 9.48 Å². The highest BCUT2D eigenvalue weighted by molar-refractivity contribution is 6.21. The lowest BCUT2D eigenvalue weighted by Crippen LogP contribution is -2.44.